The Kier molecular flexibility index (Phi) is 4.64. The van der Waals surface area contributed by atoms with Crippen LogP contribution in [0.5, 0.6) is 0 Å². The van der Waals surface area contributed by atoms with Crippen molar-refractivity contribution in [2.75, 3.05) is 26.0 Å². The molecule has 1 aliphatic heterocycles. The number of ether oxygens (including phenoxy) is 2. The van der Waals surface area contributed by atoms with Crippen LogP contribution in [0.1, 0.15) is 26.2 Å². The Morgan fingerprint density at radius 3 is 2.72 bits per heavy atom. The van der Waals surface area contributed by atoms with E-state index in [4.69, 9.17) is 9.47 Å². The molecule has 0 spiro atoms. The molecule has 5 nitrogen and oxygen atoms in total. The Balaban J connectivity index is 1.78. The lowest BCUT2D eigenvalue weighted by Crippen LogP contribution is -2.60. The van der Waals surface area contributed by atoms with Gasteiger partial charge in [-0.2, -0.15) is 0 Å². The van der Waals surface area contributed by atoms with E-state index in [9.17, 15) is 8.42 Å². The van der Waals surface area contributed by atoms with Crippen LogP contribution in [-0.4, -0.2) is 57.9 Å². The summed E-state index contributed by atoms with van der Waals surface area (Å²) in [7, 11) is -1.17. The summed E-state index contributed by atoms with van der Waals surface area (Å²) in [5.74, 6) is 0.347. The van der Waals surface area contributed by atoms with Crippen LogP contribution < -0.4 is 5.32 Å². The third kappa shape index (κ3) is 2.87. The molecule has 1 aliphatic carbocycles. The normalized spacial score (nSPS) is 38.6. The number of hydrogen-bond acceptors (Lipinski definition) is 5. The number of rotatable bonds is 6. The molecule has 1 saturated carbocycles. The minimum absolute atomic E-state index is 0.0501. The molecule has 0 aromatic heterocycles. The first-order chi connectivity index (χ1) is 8.58. The first kappa shape index (κ1) is 14.2. The van der Waals surface area contributed by atoms with Gasteiger partial charge in [0.1, 0.15) is 0 Å². The lowest BCUT2D eigenvalue weighted by atomic mass is 9.85. The van der Waals surface area contributed by atoms with Gasteiger partial charge in [-0.1, -0.05) is 0 Å². The highest BCUT2D eigenvalue weighted by atomic mass is 32.2. The van der Waals surface area contributed by atoms with E-state index in [-0.39, 0.29) is 23.5 Å². The van der Waals surface area contributed by atoms with E-state index in [1.807, 2.05) is 6.92 Å². The quantitative estimate of drug-likeness (QED) is 0.759. The molecule has 4 atom stereocenters. The van der Waals surface area contributed by atoms with E-state index in [1.165, 1.54) is 0 Å². The topological polar surface area (TPSA) is 64.6 Å². The van der Waals surface area contributed by atoms with Crippen molar-refractivity contribution in [1.82, 2.24) is 5.32 Å². The van der Waals surface area contributed by atoms with Crippen molar-refractivity contribution < 1.29 is 17.9 Å². The van der Waals surface area contributed by atoms with Crippen LogP contribution in [0.3, 0.4) is 0 Å². The largest absolute Gasteiger partial charge is 0.377 e. The van der Waals surface area contributed by atoms with E-state index in [0.717, 1.165) is 19.3 Å². The summed E-state index contributed by atoms with van der Waals surface area (Å²) in [4.78, 5) is 0. The second-order valence-corrected chi connectivity index (χ2v) is 7.48. The Morgan fingerprint density at radius 1 is 1.39 bits per heavy atom. The zero-order chi connectivity index (χ0) is 13.2. The summed E-state index contributed by atoms with van der Waals surface area (Å²) in [6.07, 6.45) is 2.69. The first-order valence-corrected chi connectivity index (χ1v) is 8.39. The van der Waals surface area contributed by atoms with E-state index in [2.05, 4.69) is 5.32 Å². The third-order valence-corrected chi connectivity index (χ3v) is 6.25. The predicted molar refractivity (Wildman–Crippen MR) is 69.4 cm³/mol. The molecular weight excluding hydrogens is 254 g/mol. The summed E-state index contributed by atoms with van der Waals surface area (Å²) in [6.45, 7) is 3.21. The van der Waals surface area contributed by atoms with Gasteiger partial charge in [-0.3, -0.25) is 0 Å². The second-order valence-electron chi connectivity index (χ2n) is 5.08. The summed E-state index contributed by atoms with van der Waals surface area (Å²) in [5.41, 5.74) is 0. The van der Waals surface area contributed by atoms with Crippen LogP contribution in [0.2, 0.25) is 0 Å². The Bertz CT molecular complexity index is 370. The van der Waals surface area contributed by atoms with Crippen LogP contribution in [0, 0.1) is 0 Å². The first-order valence-electron chi connectivity index (χ1n) is 6.68. The molecule has 106 valence electrons. The predicted octanol–water partition coefficient (Wildman–Crippen LogP) is 0.346. The fourth-order valence-corrected chi connectivity index (χ4v) is 4.62. The molecule has 0 aromatic rings. The van der Waals surface area contributed by atoms with Gasteiger partial charge < -0.3 is 14.8 Å². The number of methoxy groups -OCH3 is 1. The fourth-order valence-electron chi connectivity index (χ4n) is 2.84. The van der Waals surface area contributed by atoms with Crippen LogP contribution >= 0.6 is 0 Å². The molecule has 2 fully saturated rings. The Labute approximate surface area is 109 Å². The van der Waals surface area contributed by atoms with Crippen molar-refractivity contribution in [2.45, 2.75) is 49.7 Å². The summed E-state index contributed by atoms with van der Waals surface area (Å²) >= 11 is 0. The minimum atomic E-state index is -2.85. The maximum Gasteiger partial charge on any atom is 0.154 e. The van der Waals surface area contributed by atoms with Gasteiger partial charge in [-0.15, -0.1) is 0 Å². The highest BCUT2D eigenvalue weighted by molar-refractivity contribution is 7.92. The maximum absolute atomic E-state index is 11.7. The van der Waals surface area contributed by atoms with Crippen molar-refractivity contribution in [3.05, 3.63) is 0 Å². The van der Waals surface area contributed by atoms with E-state index in [0.29, 0.717) is 18.9 Å². The molecule has 0 aromatic carbocycles. The highest BCUT2D eigenvalue weighted by Crippen LogP contribution is 2.27. The molecular formula is C12H23NO4S. The molecule has 1 heterocycles. The molecule has 1 N–H and O–H groups in total. The number of hydrogen-bond donors (Lipinski definition) is 1. The summed E-state index contributed by atoms with van der Waals surface area (Å²) in [5, 5.41) is 3.11. The third-order valence-electron chi connectivity index (χ3n) is 3.97. The minimum Gasteiger partial charge on any atom is -0.377 e. The maximum atomic E-state index is 11.7. The van der Waals surface area contributed by atoms with Gasteiger partial charge in [0.15, 0.2) is 9.84 Å². The zero-order valence-corrected chi connectivity index (χ0v) is 11.9. The van der Waals surface area contributed by atoms with E-state index >= 15 is 0 Å². The molecule has 0 radical (unpaired) electrons. The average molecular weight is 277 g/mol. The molecule has 4 unspecified atom stereocenters. The van der Waals surface area contributed by atoms with Crippen molar-refractivity contribution in [2.24, 2.45) is 0 Å². The van der Waals surface area contributed by atoms with Gasteiger partial charge in [0.05, 0.1) is 23.2 Å². The Morgan fingerprint density at radius 2 is 2.17 bits per heavy atom. The van der Waals surface area contributed by atoms with Gasteiger partial charge in [0, 0.05) is 26.3 Å². The van der Waals surface area contributed by atoms with Crippen LogP contribution in [0.15, 0.2) is 0 Å². The second kappa shape index (κ2) is 5.86. The van der Waals surface area contributed by atoms with Crippen LogP contribution in [0.25, 0.3) is 0 Å². The Hall–Kier alpha value is -0.170. The smallest absolute Gasteiger partial charge is 0.154 e. The van der Waals surface area contributed by atoms with E-state index in [1.54, 1.807) is 7.11 Å². The van der Waals surface area contributed by atoms with Gasteiger partial charge in [0.25, 0.3) is 0 Å². The van der Waals surface area contributed by atoms with Gasteiger partial charge in [0.2, 0.25) is 0 Å². The number of nitrogens with one attached hydrogen (secondary N) is 1. The molecule has 0 bridgehead atoms. The molecule has 1 saturated heterocycles. The standard InChI is InChI=1S/C12H23NO4S/c1-3-17-11-7-10(12(11)16-2)13-8-9-5-4-6-18(9,14)15/h9-13H,3-8H2,1-2H3. The van der Waals surface area contributed by atoms with Crippen molar-refractivity contribution in [3.8, 4) is 0 Å². The summed E-state index contributed by atoms with van der Waals surface area (Å²) < 4.78 is 34.3. The zero-order valence-electron chi connectivity index (χ0n) is 11.1. The molecule has 6 heteroatoms. The number of sulfone groups is 1. The van der Waals surface area contributed by atoms with Gasteiger partial charge in [-0.25, -0.2) is 8.42 Å². The lowest BCUT2D eigenvalue weighted by molar-refractivity contribution is -0.131. The summed E-state index contributed by atoms with van der Waals surface area (Å²) in [6, 6.07) is 0.224. The van der Waals surface area contributed by atoms with Crippen molar-refractivity contribution in [1.29, 1.82) is 0 Å². The molecule has 0 amide bonds. The molecule has 2 aliphatic rings. The van der Waals surface area contributed by atoms with E-state index < -0.39 is 9.84 Å². The van der Waals surface area contributed by atoms with Crippen molar-refractivity contribution in [3.63, 3.8) is 0 Å². The van der Waals surface area contributed by atoms with Gasteiger partial charge in [-0.05, 0) is 26.2 Å². The van der Waals surface area contributed by atoms with Crippen LogP contribution in [0.4, 0.5) is 0 Å². The molecule has 18 heavy (non-hydrogen) atoms. The lowest BCUT2D eigenvalue weighted by Gasteiger charge is -2.43. The monoisotopic (exact) mass is 277 g/mol. The average Bonchev–Trinajstić information content (AvgIpc) is 2.62. The highest BCUT2D eigenvalue weighted by Gasteiger charge is 2.42. The fraction of sp³-hybridized carbons (Fsp3) is 1.00. The van der Waals surface area contributed by atoms with Crippen molar-refractivity contribution >= 4 is 9.84 Å². The SMILES string of the molecule is CCOC1CC(NCC2CCCS2(=O)=O)C1OC. The molecule has 2 rings (SSSR count). The van der Waals surface area contributed by atoms with Crippen LogP contribution in [-0.2, 0) is 19.3 Å². The van der Waals surface area contributed by atoms with Gasteiger partial charge >= 0.3 is 0 Å².